The minimum absolute atomic E-state index is 0.309. The van der Waals surface area contributed by atoms with Crippen molar-refractivity contribution in [1.82, 2.24) is 4.90 Å². The predicted octanol–water partition coefficient (Wildman–Crippen LogP) is 5.19. The van der Waals surface area contributed by atoms with E-state index in [9.17, 15) is 9.59 Å². The summed E-state index contributed by atoms with van der Waals surface area (Å²) in [6, 6.07) is 0.991. The van der Waals surface area contributed by atoms with Crippen LogP contribution in [0.15, 0.2) is 0 Å². The zero-order valence-electron chi connectivity index (χ0n) is 19.0. The molecule has 1 aliphatic rings. The number of nitrogens with zero attached hydrogens (tertiary/aromatic N) is 1. The van der Waals surface area contributed by atoms with Crippen molar-refractivity contribution in [3.05, 3.63) is 0 Å². The van der Waals surface area contributed by atoms with E-state index in [4.69, 9.17) is 15.9 Å². The van der Waals surface area contributed by atoms with Crippen LogP contribution in [-0.2, 0) is 9.59 Å². The van der Waals surface area contributed by atoms with Crippen LogP contribution in [0.3, 0.4) is 0 Å². The van der Waals surface area contributed by atoms with Crippen molar-refractivity contribution in [3.8, 4) is 0 Å². The second kappa shape index (κ2) is 17.5. The number of hydrogen-bond donors (Lipinski definition) is 3. The molecule has 0 aliphatic carbocycles. The molecule has 30 heavy (non-hydrogen) atoms. The van der Waals surface area contributed by atoms with Crippen LogP contribution in [0.4, 0.5) is 0 Å². The average Bonchev–Trinajstić information content (AvgIpc) is 3.04. The molecule has 6 heteroatoms. The normalized spacial score (nSPS) is 19.4. The molecule has 0 amide bonds. The second-order valence-electron chi connectivity index (χ2n) is 9.17. The SMILES string of the molecule is NC1CC(CCCCCCCCCC(=O)O)N(CCCCCCCCCC(=O)O)C1. The molecular formula is C24H46N2O4. The molecule has 1 heterocycles. The summed E-state index contributed by atoms with van der Waals surface area (Å²) in [6.45, 7) is 2.21. The maximum absolute atomic E-state index is 10.5. The Morgan fingerprint density at radius 3 is 1.63 bits per heavy atom. The third-order valence-corrected chi connectivity index (χ3v) is 6.32. The monoisotopic (exact) mass is 426 g/mol. The summed E-state index contributed by atoms with van der Waals surface area (Å²) in [7, 11) is 0. The molecule has 0 saturated carbocycles. The van der Waals surface area contributed by atoms with Crippen molar-refractivity contribution >= 4 is 11.9 Å². The first-order chi connectivity index (χ1) is 14.5. The maximum atomic E-state index is 10.5. The molecule has 2 atom stereocenters. The van der Waals surface area contributed by atoms with Gasteiger partial charge in [-0.05, 0) is 38.6 Å². The van der Waals surface area contributed by atoms with Gasteiger partial charge < -0.3 is 15.9 Å². The molecule has 1 fully saturated rings. The van der Waals surface area contributed by atoms with Crippen molar-refractivity contribution in [3.63, 3.8) is 0 Å². The number of unbranched alkanes of at least 4 members (excludes halogenated alkanes) is 12. The maximum Gasteiger partial charge on any atom is 0.303 e. The number of carbonyl (C=O) groups is 2. The summed E-state index contributed by atoms with van der Waals surface area (Å²) in [5, 5.41) is 17.3. The molecule has 0 aromatic rings. The molecule has 2 unspecified atom stereocenters. The summed E-state index contributed by atoms with van der Waals surface area (Å²) in [5.41, 5.74) is 6.23. The van der Waals surface area contributed by atoms with E-state index in [1.54, 1.807) is 0 Å². The third kappa shape index (κ3) is 14.8. The Bertz CT molecular complexity index is 418. The van der Waals surface area contributed by atoms with Gasteiger partial charge in [-0.2, -0.15) is 0 Å². The van der Waals surface area contributed by atoms with Crippen LogP contribution < -0.4 is 5.73 Å². The van der Waals surface area contributed by atoms with Gasteiger partial charge in [0.15, 0.2) is 0 Å². The second-order valence-corrected chi connectivity index (χ2v) is 9.17. The van der Waals surface area contributed by atoms with Crippen molar-refractivity contribution < 1.29 is 19.8 Å². The quantitative estimate of drug-likeness (QED) is 0.231. The molecule has 0 radical (unpaired) electrons. The molecule has 0 aromatic carbocycles. The fraction of sp³-hybridized carbons (Fsp3) is 0.917. The fourth-order valence-electron chi connectivity index (χ4n) is 4.61. The highest BCUT2D eigenvalue weighted by Crippen LogP contribution is 2.23. The summed E-state index contributed by atoms with van der Waals surface area (Å²) >= 11 is 0. The minimum Gasteiger partial charge on any atom is -0.481 e. The van der Waals surface area contributed by atoms with Crippen molar-refractivity contribution in [2.75, 3.05) is 13.1 Å². The van der Waals surface area contributed by atoms with E-state index in [0.29, 0.717) is 24.9 Å². The molecule has 0 bridgehead atoms. The van der Waals surface area contributed by atoms with Gasteiger partial charge in [-0.3, -0.25) is 14.5 Å². The van der Waals surface area contributed by atoms with Crippen molar-refractivity contribution in [2.24, 2.45) is 5.73 Å². The number of nitrogens with two attached hydrogens (primary N) is 1. The molecular weight excluding hydrogens is 380 g/mol. The Morgan fingerprint density at radius 1 is 0.700 bits per heavy atom. The van der Waals surface area contributed by atoms with Crippen LogP contribution in [0.1, 0.15) is 116 Å². The van der Waals surface area contributed by atoms with Crippen LogP contribution in [-0.4, -0.2) is 52.2 Å². The van der Waals surface area contributed by atoms with E-state index in [-0.39, 0.29) is 0 Å². The van der Waals surface area contributed by atoms with Gasteiger partial charge in [0.05, 0.1) is 0 Å². The van der Waals surface area contributed by atoms with Crippen molar-refractivity contribution in [1.29, 1.82) is 0 Å². The molecule has 4 N–H and O–H groups in total. The van der Waals surface area contributed by atoms with Gasteiger partial charge in [0.2, 0.25) is 0 Å². The Labute approximate surface area is 183 Å². The zero-order valence-corrected chi connectivity index (χ0v) is 19.0. The largest absolute Gasteiger partial charge is 0.481 e. The molecule has 1 rings (SSSR count). The lowest BCUT2D eigenvalue weighted by molar-refractivity contribution is -0.138. The van der Waals surface area contributed by atoms with Crippen LogP contribution in [0.2, 0.25) is 0 Å². The number of carboxylic acids is 2. The smallest absolute Gasteiger partial charge is 0.303 e. The Morgan fingerprint density at radius 2 is 1.13 bits per heavy atom. The highest BCUT2D eigenvalue weighted by molar-refractivity contribution is 5.66. The van der Waals surface area contributed by atoms with Crippen LogP contribution in [0.25, 0.3) is 0 Å². The third-order valence-electron chi connectivity index (χ3n) is 6.32. The zero-order chi connectivity index (χ0) is 22.0. The summed E-state index contributed by atoms with van der Waals surface area (Å²) in [4.78, 5) is 23.6. The van der Waals surface area contributed by atoms with E-state index in [1.807, 2.05) is 0 Å². The van der Waals surface area contributed by atoms with Crippen LogP contribution in [0.5, 0.6) is 0 Å². The van der Waals surface area contributed by atoms with E-state index in [2.05, 4.69) is 4.90 Å². The molecule has 0 aromatic heterocycles. The Hall–Kier alpha value is -1.14. The average molecular weight is 427 g/mol. The van der Waals surface area contributed by atoms with E-state index in [0.717, 1.165) is 51.5 Å². The molecule has 176 valence electrons. The Balaban J connectivity index is 1.98. The summed E-state index contributed by atoms with van der Waals surface area (Å²) in [5.74, 6) is -1.36. The van der Waals surface area contributed by atoms with Crippen molar-refractivity contribution in [2.45, 2.75) is 128 Å². The van der Waals surface area contributed by atoms with Gasteiger partial charge in [-0.1, -0.05) is 70.6 Å². The summed E-state index contributed by atoms with van der Waals surface area (Å²) < 4.78 is 0. The highest BCUT2D eigenvalue weighted by Gasteiger charge is 2.28. The molecule has 0 spiro atoms. The molecule has 1 saturated heterocycles. The van der Waals surface area contributed by atoms with E-state index < -0.39 is 11.9 Å². The highest BCUT2D eigenvalue weighted by atomic mass is 16.4. The van der Waals surface area contributed by atoms with Gasteiger partial charge in [0.25, 0.3) is 0 Å². The van der Waals surface area contributed by atoms with Crippen LogP contribution in [0, 0.1) is 0 Å². The van der Waals surface area contributed by atoms with Gasteiger partial charge in [-0.25, -0.2) is 0 Å². The minimum atomic E-state index is -0.679. The molecule has 6 nitrogen and oxygen atoms in total. The standard InChI is InChI=1S/C24H46N2O4/c25-21-19-22(15-11-7-3-1-4-8-12-16-23(27)28)26(20-21)18-14-10-6-2-5-9-13-17-24(29)30/h21-22H,1-20,25H2,(H,27,28)(H,29,30). The van der Waals surface area contributed by atoms with E-state index >= 15 is 0 Å². The Kier molecular flexibility index (Phi) is 15.7. The number of aliphatic carboxylic acids is 2. The number of likely N-dealkylation sites (tertiary alicyclic amines) is 1. The lowest BCUT2D eigenvalue weighted by Crippen LogP contribution is -2.31. The topological polar surface area (TPSA) is 104 Å². The predicted molar refractivity (Wildman–Crippen MR) is 122 cm³/mol. The molecule has 1 aliphatic heterocycles. The van der Waals surface area contributed by atoms with E-state index in [1.165, 1.54) is 64.3 Å². The van der Waals surface area contributed by atoms with Gasteiger partial charge in [-0.15, -0.1) is 0 Å². The first-order valence-corrected chi connectivity index (χ1v) is 12.4. The van der Waals surface area contributed by atoms with Gasteiger partial charge >= 0.3 is 11.9 Å². The fourth-order valence-corrected chi connectivity index (χ4v) is 4.61. The first-order valence-electron chi connectivity index (χ1n) is 12.4. The number of hydrogen-bond acceptors (Lipinski definition) is 4. The number of rotatable bonds is 20. The lowest BCUT2D eigenvalue weighted by Gasteiger charge is -2.24. The summed E-state index contributed by atoms with van der Waals surface area (Å²) in [6.07, 6.45) is 19.1. The van der Waals surface area contributed by atoms with Crippen LogP contribution >= 0.6 is 0 Å². The van der Waals surface area contributed by atoms with Gasteiger partial charge in [0, 0.05) is 31.5 Å². The first kappa shape index (κ1) is 26.9. The number of carboxylic acid groups (broad SMARTS) is 2. The lowest BCUT2D eigenvalue weighted by atomic mass is 10.0. The van der Waals surface area contributed by atoms with Gasteiger partial charge in [0.1, 0.15) is 0 Å².